The molecule has 20 heavy (non-hydrogen) atoms. The Hall–Kier alpha value is -1.95. The van der Waals surface area contributed by atoms with Crippen molar-refractivity contribution < 1.29 is 14.3 Å². The van der Waals surface area contributed by atoms with Crippen LogP contribution in [0.4, 0.5) is 5.69 Å². The Morgan fingerprint density at radius 2 is 2.15 bits per heavy atom. The van der Waals surface area contributed by atoms with Gasteiger partial charge in [-0.15, -0.1) is 11.3 Å². The number of anilines is 1. The number of benzene rings is 1. The van der Waals surface area contributed by atoms with E-state index in [4.69, 9.17) is 4.74 Å². The van der Waals surface area contributed by atoms with Gasteiger partial charge in [0, 0.05) is 5.69 Å². The van der Waals surface area contributed by atoms with Crippen LogP contribution in [-0.2, 0) is 14.3 Å². The third-order valence-electron chi connectivity index (χ3n) is 2.94. The number of thiazole rings is 1. The lowest BCUT2D eigenvalue weighted by Crippen LogP contribution is -2.39. The first kappa shape index (κ1) is 14.5. The van der Waals surface area contributed by atoms with E-state index in [1.54, 1.807) is 38.4 Å². The second-order valence-corrected chi connectivity index (χ2v) is 5.72. The highest BCUT2D eigenvalue weighted by Crippen LogP contribution is 2.24. The third-order valence-corrected chi connectivity index (χ3v) is 3.75. The van der Waals surface area contributed by atoms with Gasteiger partial charge >= 0.3 is 5.97 Å². The fourth-order valence-corrected chi connectivity index (χ4v) is 2.29. The van der Waals surface area contributed by atoms with E-state index in [9.17, 15) is 9.59 Å². The molecule has 5 nitrogen and oxygen atoms in total. The van der Waals surface area contributed by atoms with E-state index < -0.39 is 17.3 Å². The molecule has 0 aliphatic carbocycles. The van der Waals surface area contributed by atoms with Crippen molar-refractivity contribution >= 4 is 39.1 Å². The fraction of sp³-hybridized carbons (Fsp3) is 0.357. The van der Waals surface area contributed by atoms with Gasteiger partial charge in [0.25, 0.3) is 0 Å². The highest BCUT2D eigenvalue weighted by atomic mass is 32.1. The number of ether oxygens (including phenoxy) is 1. The van der Waals surface area contributed by atoms with E-state index in [1.165, 1.54) is 11.3 Å². The first-order valence-electron chi connectivity index (χ1n) is 6.27. The number of hydrogen-bond donors (Lipinski definition) is 1. The molecule has 0 bridgehead atoms. The van der Waals surface area contributed by atoms with Crippen molar-refractivity contribution in [2.75, 3.05) is 11.9 Å². The van der Waals surface area contributed by atoms with Crippen molar-refractivity contribution in [3.8, 4) is 0 Å². The van der Waals surface area contributed by atoms with Crippen LogP contribution in [0.5, 0.6) is 0 Å². The molecule has 0 atom stereocenters. The van der Waals surface area contributed by atoms with Gasteiger partial charge < -0.3 is 10.1 Å². The summed E-state index contributed by atoms with van der Waals surface area (Å²) in [5.74, 6) is -0.933. The lowest BCUT2D eigenvalue weighted by Gasteiger charge is -2.21. The van der Waals surface area contributed by atoms with E-state index >= 15 is 0 Å². The Bertz CT molecular complexity index is 649. The molecule has 0 fully saturated rings. The van der Waals surface area contributed by atoms with E-state index in [1.807, 2.05) is 6.07 Å². The second kappa shape index (κ2) is 5.58. The van der Waals surface area contributed by atoms with Crippen LogP contribution in [0, 0.1) is 5.41 Å². The number of esters is 1. The zero-order chi connectivity index (χ0) is 14.8. The molecular formula is C14H16N2O3S. The van der Waals surface area contributed by atoms with Gasteiger partial charge in [0.2, 0.25) is 5.91 Å². The smallest absolute Gasteiger partial charge is 0.321 e. The molecule has 0 spiro atoms. The van der Waals surface area contributed by atoms with Crippen LogP contribution in [-0.4, -0.2) is 23.5 Å². The van der Waals surface area contributed by atoms with Crippen molar-refractivity contribution in [3.63, 3.8) is 0 Å². The molecular weight excluding hydrogens is 276 g/mol. The monoisotopic (exact) mass is 292 g/mol. The van der Waals surface area contributed by atoms with Crippen LogP contribution in [0.25, 0.3) is 10.2 Å². The van der Waals surface area contributed by atoms with Gasteiger partial charge in [-0.2, -0.15) is 0 Å². The topological polar surface area (TPSA) is 68.3 Å². The van der Waals surface area contributed by atoms with Gasteiger partial charge in [-0.1, -0.05) is 0 Å². The Labute approximate surface area is 121 Å². The van der Waals surface area contributed by atoms with Crippen molar-refractivity contribution in [1.82, 2.24) is 4.98 Å². The first-order valence-corrected chi connectivity index (χ1v) is 7.15. The highest BCUT2D eigenvalue weighted by Gasteiger charge is 2.37. The second-order valence-electron chi connectivity index (χ2n) is 4.83. The van der Waals surface area contributed by atoms with Gasteiger partial charge in [0.05, 0.1) is 22.3 Å². The summed E-state index contributed by atoms with van der Waals surface area (Å²) in [6.07, 6.45) is 0. The van der Waals surface area contributed by atoms with E-state index in [-0.39, 0.29) is 6.61 Å². The van der Waals surface area contributed by atoms with Gasteiger partial charge in [0.15, 0.2) is 0 Å². The van der Waals surface area contributed by atoms with Crippen LogP contribution in [0.1, 0.15) is 20.8 Å². The molecule has 2 aromatic rings. The maximum absolute atomic E-state index is 12.2. The summed E-state index contributed by atoms with van der Waals surface area (Å²) >= 11 is 1.53. The number of carbonyl (C=O) groups is 2. The predicted octanol–water partition coefficient (Wildman–Crippen LogP) is 2.82. The number of carbonyl (C=O) groups excluding carboxylic acids is 2. The number of fused-ring (bicyclic) bond motifs is 1. The molecule has 0 saturated carbocycles. The van der Waals surface area contributed by atoms with E-state index in [2.05, 4.69) is 10.3 Å². The Morgan fingerprint density at radius 1 is 1.40 bits per heavy atom. The molecule has 1 heterocycles. The Morgan fingerprint density at radius 3 is 2.85 bits per heavy atom. The lowest BCUT2D eigenvalue weighted by atomic mass is 9.92. The van der Waals surface area contributed by atoms with Crippen molar-refractivity contribution in [3.05, 3.63) is 23.7 Å². The average molecular weight is 292 g/mol. The quantitative estimate of drug-likeness (QED) is 0.695. The largest absolute Gasteiger partial charge is 0.465 e. The lowest BCUT2D eigenvalue weighted by molar-refractivity contribution is -0.156. The van der Waals surface area contributed by atoms with Crippen LogP contribution in [0.2, 0.25) is 0 Å². The van der Waals surface area contributed by atoms with Crippen LogP contribution in [0.15, 0.2) is 23.7 Å². The normalized spacial score (nSPS) is 11.3. The Balaban J connectivity index is 2.15. The summed E-state index contributed by atoms with van der Waals surface area (Å²) in [4.78, 5) is 28.2. The number of nitrogens with one attached hydrogen (secondary N) is 1. The maximum atomic E-state index is 12.2. The Kier molecular flexibility index (Phi) is 4.04. The maximum Gasteiger partial charge on any atom is 0.321 e. The number of hydrogen-bond acceptors (Lipinski definition) is 5. The minimum Gasteiger partial charge on any atom is -0.465 e. The number of aromatic nitrogens is 1. The molecule has 0 aliphatic rings. The summed E-state index contributed by atoms with van der Waals surface area (Å²) in [6.45, 7) is 5.05. The zero-order valence-electron chi connectivity index (χ0n) is 11.6. The molecule has 1 aromatic heterocycles. The number of nitrogens with zero attached hydrogens (tertiary/aromatic N) is 1. The van der Waals surface area contributed by atoms with Crippen molar-refractivity contribution in [2.45, 2.75) is 20.8 Å². The highest BCUT2D eigenvalue weighted by molar-refractivity contribution is 7.16. The minimum atomic E-state index is -1.23. The van der Waals surface area contributed by atoms with Gasteiger partial charge in [-0.3, -0.25) is 9.59 Å². The van der Waals surface area contributed by atoms with Gasteiger partial charge in [-0.05, 0) is 39.0 Å². The standard InChI is InChI=1S/C14H16N2O3S/c1-4-19-13(18)14(2,3)12(17)16-9-5-6-11-10(7-9)15-8-20-11/h5-8H,4H2,1-3H3,(H,16,17). The first-order chi connectivity index (χ1) is 9.45. The fourth-order valence-electron chi connectivity index (χ4n) is 1.63. The summed E-state index contributed by atoms with van der Waals surface area (Å²) in [6, 6.07) is 5.46. The third kappa shape index (κ3) is 2.80. The van der Waals surface area contributed by atoms with Crippen molar-refractivity contribution in [2.24, 2.45) is 5.41 Å². The van der Waals surface area contributed by atoms with E-state index in [0.29, 0.717) is 5.69 Å². The summed E-state index contributed by atoms with van der Waals surface area (Å²) in [5.41, 5.74) is 1.96. The minimum absolute atomic E-state index is 0.250. The summed E-state index contributed by atoms with van der Waals surface area (Å²) < 4.78 is 5.96. The average Bonchev–Trinajstić information content (AvgIpc) is 2.86. The summed E-state index contributed by atoms with van der Waals surface area (Å²) in [7, 11) is 0. The molecule has 2 rings (SSSR count). The van der Waals surface area contributed by atoms with Crippen LogP contribution >= 0.6 is 11.3 Å². The zero-order valence-corrected chi connectivity index (χ0v) is 12.4. The molecule has 6 heteroatoms. The molecule has 0 radical (unpaired) electrons. The molecule has 0 saturated heterocycles. The molecule has 1 N–H and O–H groups in total. The molecule has 0 unspecified atom stereocenters. The molecule has 1 aromatic carbocycles. The number of amides is 1. The molecule has 1 amide bonds. The predicted molar refractivity (Wildman–Crippen MR) is 78.7 cm³/mol. The van der Waals surface area contributed by atoms with Gasteiger partial charge in [-0.25, -0.2) is 4.98 Å². The van der Waals surface area contributed by atoms with E-state index in [0.717, 1.165) is 10.2 Å². The molecule has 106 valence electrons. The van der Waals surface area contributed by atoms with Crippen molar-refractivity contribution in [1.29, 1.82) is 0 Å². The summed E-state index contributed by atoms with van der Waals surface area (Å²) in [5, 5.41) is 2.73. The number of rotatable bonds is 4. The van der Waals surface area contributed by atoms with Gasteiger partial charge in [0.1, 0.15) is 5.41 Å². The van der Waals surface area contributed by atoms with Crippen LogP contribution < -0.4 is 5.32 Å². The molecule has 0 aliphatic heterocycles. The van der Waals surface area contributed by atoms with Crippen LogP contribution in [0.3, 0.4) is 0 Å². The SMILES string of the molecule is CCOC(=O)C(C)(C)C(=O)Nc1ccc2scnc2c1.